The Hall–Kier alpha value is -1.18. The SMILES string of the molecule is CC(=O)O.CC1=NC23O[C@@H](CC(C)(C)O)C[C@@H](C)C2[C@@]2(C)CC[C@@]45[C@H](C)C46CC[C@H](O)C(C)(C)C6CC[C@H]5[C@]2(C)C3O1. The number of carbonyl (C=O) groups is 1. The van der Waals surface area contributed by atoms with E-state index in [-0.39, 0.29) is 34.6 Å². The third kappa shape index (κ3) is 3.51. The van der Waals surface area contributed by atoms with Crippen molar-refractivity contribution in [3.05, 3.63) is 0 Å². The van der Waals surface area contributed by atoms with Gasteiger partial charge in [0.2, 0.25) is 5.72 Å². The molecule has 1 saturated heterocycles. The van der Waals surface area contributed by atoms with E-state index in [0.29, 0.717) is 46.8 Å². The number of hydrogen-bond donors (Lipinski definition) is 3. The van der Waals surface area contributed by atoms with E-state index in [0.717, 1.165) is 25.7 Å². The van der Waals surface area contributed by atoms with Crippen molar-refractivity contribution in [2.45, 2.75) is 150 Å². The summed E-state index contributed by atoms with van der Waals surface area (Å²) in [5.74, 6) is 2.62. The molecule has 7 nitrogen and oxygen atoms in total. The lowest BCUT2D eigenvalue weighted by molar-refractivity contribution is -0.208. The summed E-state index contributed by atoms with van der Waals surface area (Å²) in [6, 6.07) is 0. The predicted octanol–water partition coefficient (Wildman–Crippen LogP) is 6.44. The number of rotatable bonds is 2. The first-order valence-electron chi connectivity index (χ1n) is 16.8. The van der Waals surface area contributed by atoms with Crippen molar-refractivity contribution in [2.75, 3.05) is 0 Å². The molecule has 2 heterocycles. The Bertz CT molecular complexity index is 1170. The number of ether oxygens (including phenoxy) is 2. The molecule has 0 amide bonds. The Balaban J connectivity index is 0.000000744. The van der Waals surface area contributed by atoms with Crippen LogP contribution < -0.4 is 0 Å². The van der Waals surface area contributed by atoms with E-state index in [9.17, 15) is 10.2 Å². The lowest BCUT2D eigenvalue weighted by Gasteiger charge is -2.63. The van der Waals surface area contributed by atoms with Gasteiger partial charge in [0, 0.05) is 31.6 Å². The van der Waals surface area contributed by atoms with Gasteiger partial charge >= 0.3 is 0 Å². The molecule has 238 valence electrons. The highest BCUT2D eigenvalue weighted by molar-refractivity contribution is 5.76. The van der Waals surface area contributed by atoms with Gasteiger partial charge in [-0.05, 0) is 104 Å². The van der Waals surface area contributed by atoms with Crippen molar-refractivity contribution in [2.24, 2.45) is 61.7 Å². The topological polar surface area (TPSA) is 109 Å². The Morgan fingerprint density at radius 3 is 2.24 bits per heavy atom. The second kappa shape index (κ2) is 8.96. The summed E-state index contributed by atoms with van der Waals surface area (Å²) in [6.45, 7) is 21.8. The molecule has 0 radical (unpaired) electrons. The number of hydrogen-bond acceptors (Lipinski definition) is 6. The van der Waals surface area contributed by atoms with Crippen LogP contribution in [-0.2, 0) is 14.3 Å². The third-order valence-corrected chi connectivity index (χ3v) is 14.9. The summed E-state index contributed by atoms with van der Waals surface area (Å²) >= 11 is 0. The molecule has 42 heavy (non-hydrogen) atoms. The number of carboxylic acids is 1. The first-order chi connectivity index (χ1) is 19.3. The number of nitrogens with zero attached hydrogens (tertiary/aromatic N) is 1. The third-order valence-electron chi connectivity index (χ3n) is 14.9. The maximum Gasteiger partial charge on any atom is 0.300 e. The van der Waals surface area contributed by atoms with Crippen LogP contribution >= 0.6 is 0 Å². The molecule has 7 aliphatic rings. The normalized spacial score (nSPS) is 54.7. The first-order valence-corrected chi connectivity index (χ1v) is 16.8. The van der Waals surface area contributed by atoms with Gasteiger partial charge in [0.1, 0.15) is 0 Å². The number of fused-ring (bicyclic) bond motifs is 4. The molecule has 3 N–H and O–H groups in total. The second-order valence-corrected chi connectivity index (χ2v) is 17.4. The molecule has 5 saturated carbocycles. The lowest BCUT2D eigenvalue weighted by Crippen LogP contribution is -2.60. The van der Waals surface area contributed by atoms with Crippen LogP contribution in [0.4, 0.5) is 0 Å². The summed E-state index contributed by atoms with van der Waals surface area (Å²) in [6.07, 6.45) is 8.44. The van der Waals surface area contributed by atoms with Crippen LogP contribution in [0, 0.1) is 56.7 Å². The molecule has 3 spiro atoms. The number of aliphatic imine (C=N–C) groups is 1. The summed E-state index contributed by atoms with van der Waals surface area (Å²) in [4.78, 5) is 14.3. The minimum absolute atomic E-state index is 0.00845. The number of aliphatic hydroxyl groups is 2. The van der Waals surface area contributed by atoms with Crippen LogP contribution in [0.5, 0.6) is 0 Å². The highest BCUT2D eigenvalue weighted by Gasteiger charge is 2.90. The molecule has 5 aliphatic carbocycles. The summed E-state index contributed by atoms with van der Waals surface area (Å²) < 4.78 is 14.0. The maximum absolute atomic E-state index is 11.1. The van der Waals surface area contributed by atoms with Gasteiger partial charge in [0.05, 0.1) is 17.8 Å². The van der Waals surface area contributed by atoms with Crippen molar-refractivity contribution >= 4 is 11.9 Å². The lowest BCUT2D eigenvalue weighted by atomic mass is 9.41. The molecule has 0 aromatic rings. The molecule has 13 atom stereocenters. The smallest absolute Gasteiger partial charge is 0.300 e. The minimum atomic E-state index is -0.833. The van der Waals surface area contributed by atoms with Gasteiger partial charge in [0.25, 0.3) is 5.97 Å². The molecule has 5 unspecified atom stereocenters. The Morgan fingerprint density at radius 1 is 1.02 bits per heavy atom. The summed E-state index contributed by atoms with van der Waals surface area (Å²) in [7, 11) is 0. The zero-order chi connectivity index (χ0) is 31.1. The Morgan fingerprint density at radius 2 is 1.62 bits per heavy atom. The van der Waals surface area contributed by atoms with Crippen LogP contribution in [0.25, 0.3) is 0 Å². The van der Waals surface area contributed by atoms with Crippen molar-refractivity contribution in [1.29, 1.82) is 0 Å². The molecule has 7 rings (SSSR count). The van der Waals surface area contributed by atoms with Crippen LogP contribution in [0.15, 0.2) is 4.99 Å². The highest BCUT2D eigenvalue weighted by Crippen LogP contribution is 2.92. The van der Waals surface area contributed by atoms with E-state index in [4.69, 9.17) is 24.4 Å². The summed E-state index contributed by atoms with van der Waals surface area (Å²) in [5.41, 5.74) is -0.664. The average molecular weight is 588 g/mol. The molecule has 0 aromatic carbocycles. The van der Waals surface area contributed by atoms with E-state index in [1.54, 1.807) is 0 Å². The fourth-order valence-corrected chi connectivity index (χ4v) is 13.8. The number of aliphatic carboxylic acids is 1. The standard InChI is InChI=1S/C33H53NO4.C2H4O2/c1-18-16-21(17-27(4,5)36)38-33-25(18)29(8)14-15-32-19(2)31(32)13-12-24(35)28(6,7)22(31)10-11-23(32)30(29,9)26(33)37-20(3)34-33;1-2(3)4/h18-19,21-26,35-36H,10-17H2,1-9H3;1H3,(H,3,4)/t18-,19-,21-,22?,23+,24+,25?,26?,29-,30-,31?,32+,33?;/m1./s1. The fourth-order valence-electron chi connectivity index (χ4n) is 13.8. The van der Waals surface area contributed by atoms with Gasteiger partial charge in [0.15, 0.2) is 12.0 Å². The summed E-state index contributed by atoms with van der Waals surface area (Å²) in [5, 5.41) is 29.2. The minimum Gasteiger partial charge on any atom is -0.481 e. The molecule has 0 aromatic heterocycles. The molecular weight excluding hydrogens is 530 g/mol. The zero-order valence-corrected chi connectivity index (χ0v) is 27.8. The quantitative estimate of drug-likeness (QED) is 0.343. The predicted molar refractivity (Wildman–Crippen MR) is 162 cm³/mol. The highest BCUT2D eigenvalue weighted by atomic mass is 16.6. The van der Waals surface area contributed by atoms with Crippen molar-refractivity contribution < 1.29 is 29.6 Å². The van der Waals surface area contributed by atoms with E-state index >= 15 is 0 Å². The number of aliphatic hydroxyl groups excluding tert-OH is 1. The largest absolute Gasteiger partial charge is 0.481 e. The van der Waals surface area contributed by atoms with Crippen molar-refractivity contribution in [1.82, 2.24) is 0 Å². The van der Waals surface area contributed by atoms with E-state index in [1.165, 1.54) is 32.1 Å². The Kier molecular flexibility index (Phi) is 6.58. The van der Waals surface area contributed by atoms with E-state index in [2.05, 4.69) is 41.5 Å². The molecular formula is C35H57NO6. The van der Waals surface area contributed by atoms with Gasteiger partial charge in [-0.3, -0.25) is 4.79 Å². The van der Waals surface area contributed by atoms with Crippen LogP contribution in [0.3, 0.4) is 0 Å². The molecule has 0 bridgehead atoms. The van der Waals surface area contributed by atoms with Crippen molar-refractivity contribution in [3.63, 3.8) is 0 Å². The van der Waals surface area contributed by atoms with E-state index in [1.807, 2.05) is 20.8 Å². The number of carboxylic acid groups (broad SMARTS) is 1. The van der Waals surface area contributed by atoms with Gasteiger partial charge in [-0.2, -0.15) is 0 Å². The fraction of sp³-hybridized carbons (Fsp3) is 0.943. The van der Waals surface area contributed by atoms with Crippen LogP contribution in [-0.4, -0.2) is 56.8 Å². The first kappa shape index (κ1) is 30.8. The zero-order valence-electron chi connectivity index (χ0n) is 27.8. The molecule has 7 heteroatoms. The van der Waals surface area contributed by atoms with Crippen molar-refractivity contribution in [3.8, 4) is 0 Å². The Labute approximate surface area is 253 Å². The van der Waals surface area contributed by atoms with Gasteiger partial charge in [-0.15, -0.1) is 0 Å². The van der Waals surface area contributed by atoms with Gasteiger partial charge in [-0.1, -0.05) is 41.5 Å². The van der Waals surface area contributed by atoms with Gasteiger partial charge in [-0.25, -0.2) is 4.99 Å². The average Bonchev–Trinajstić information content (AvgIpc) is 3.10. The van der Waals surface area contributed by atoms with E-state index < -0.39 is 17.3 Å². The molecule has 6 fully saturated rings. The second-order valence-electron chi connectivity index (χ2n) is 17.4. The van der Waals surface area contributed by atoms with Crippen LogP contribution in [0.2, 0.25) is 0 Å². The monoisotopic (exact) mass is 587 g/mol. The van der Waals surface area contributed by atoms with Gasteiger partial charge < -0.3 is 24.8 Å². The molecule has 2 aliphatic heterocycles. The maximum atomic E-state index is 11.1. The van der Waals surface area contributed by atoms with Crippen LogP contribution in [0.1, 0.15) is 121 Å².